The molecule has 0 saturated heterocycles. The molecular formula is C14H23NO2S. The Labute approximate surface area is 114 Å². The SMILES string of the molecule is COc1ccc(CCNCCSCCCO)cc1. The molecule has 0 saturated carbocycles. The zero-order valence-electron chi connectivity index (χ0n) is 11.0. The Morgan fingerprint density at radius 3 is 2.61 bits per heavy atom. The number of methoxy groups -OCH3 is 1. The molecule has 0 bridgehead atoms. The van der Waals surface area contributed by atoms with Crippen molar-refractivity contribution in [1.29, 1.82) is 0 Å². The van der Waals surface area contributed by atoms with Gasteiger partial charge in [-0.05, 0) is 42.8 Å². The van der Waals surface area contributed by atoms with Gasteiger partial charge in [-0.1, -0.05) is 12.1 Å². The average Bonchev–Trinajstić information content (AvgIpc) is 2.42. The molecule has 0 amide bonds. The second-order valence-electron chi connectivity index (χ2n) is 4.04. The van der Waals surface area contributed by atoms with Gasteiger partial charge in [-0.3, -0.25) is 0 Å². The largest absolute Gasteiger partial charge is 0.497 e. The van der Waals surface area contributed by atoms with Gasteiger partial charge in [0.1, 0.15) is 5.75 Å². The van der Waals surface area contributed by atoms with E-state index in [0.717, 1.165) is 43.2 Å². The Hall–Kier alpha value is -0.710. The molecule has 0 aliphatic carbocycles. The van der Waals surface area contributed by atoms with E-state index in [1.54, 1.807) is 7.11 Å². The lowest BCUT2D eigenvalue weighted by Crippen LogP contribution is -2.20. The highest BCUT2D eigenvalue weighted by atomic mass is 32.2. The minimum Gasteiger partial charge on any atom is -0.497 e. The van der Waals surface area contributed by atoms with Crippen LogP contribution in [0.1, 0.15) is 12.0 Å². The molecule has 0 fully saturated rings. The molecule has 3 nitrogen and oxygen atoms in total. The standard InChI is InChI=1S/C14H23NO2S/c1-17-14-5-3-13(4-6-14)7-8-15-9-12-18-11-2-10-16/h3-6,15-16H,2,7-12H2,1H3. The molecular weight excluding hydrogens is 246 g/mol. The van der Waals surface area contributed by atoms with Gasteiger partial charge in [0, 0.05) is 18.9 Å². The van der Waals surface area contributed by atoms with E-state index >= 15 is 0 Å². The van der Waals surface area contributed by atoms with Crippen LogP contribution in [-0.2, 0) is 6.42 Å². The average molecular weight is 269 g/mol. The van der Waals surface area contributed by atoms with Gasteiger partial charge in [-0.15, -0.1) is 0 Å². The lowest BCUT2D eigenvalue weighted by molar-refractivity contribution is 0.296. The molecule has 1 rings (SSSR count). The number of aliphatic hydroxyl groups is 1. The van der Waals surface area contributed by atoms with E-state index in [1.807, 2.05) is 23.9 Å². The van der Waals surface area contributed by atoms with Crippen molar-refractivity contribution in [3.63, 3.8) is 0 Å². The Morgan fingerprint density at radius 2 is 1.94 bits per heavy atom. The van der Waals surface area contributed by atoms with Crippen LogP contribution >= 0.6 is 11.8 Å². The number of thioether (sulfide) groups is 1. The van der Waals surface area contributed by atoms with Gasteiger partial charge >= 0.3 is 0 Å². The number of ether oxygens (including phenoxy) is 1. The third-order valence-corrected chi connectivity index (χ3v) is 3.69. The minimum atomic E-state index is 0.303. The molecule has 18 heavy (non-hydrogen) atoms. The smallest absolute Gasteiger partial charge is 0.118 e. The Kier molecular flexibility index (Phi) is 8.73. The van der Waals surface area contributed by atoms with Crippen LogP contribution < -0.4 is 10.1 Å². The summed E-state index contributed by atoms with van der Waals surface area (Å²) < 4.78 is 5.12. The van der Waals surface area contributed by atoms with E-state index in [2.05, 4.69) is 17.4 Å². The van der Waals surface area contributed by atoms with E-state index in [1.165, 1.54) is 5.56 Å². The van der Waals surface area contributed by atoms with Gasteiger partial charge < -0.3 is 15.2 Å². The van der Waals surface area contributed by atoms with E-state index in [-0.39, 0.29) is 0 Å². The monoisotopic (exact) mass is 269 g/mol. The van der Waals surface area contributed by atoms with Gasteiger partial charge in [-0.2, -0.15) is 11.8 Å². The Balaban J connectivity index is 2.00. The molecule has 0 aliphatic rings. The third kappa shape index (κ3) is 6.89. The van der Waals surface area contributed by atoms with Gasteiger partial charge in [0.05, 0.1) is 7.11 Å². The predicted molar refractivity (Wildman–Crippen MR) is 78.6 cm³/mol. The summed E-state index contributed by atoms with van der Waals surface area (Å²) in [6.45, 7) is 2.34. The van der Waals surface area contributed by atoms with E-state index in [0.29, 0.717) is 6.61 Å². The normalized spacial score (nSPS) is 10.6. The lowest BCUT2D eigenvalue weighted by atomic mass is 10.1. The summed E-state index contributed by atoms with van der Waals surface area (Å²) in [5, 5.41) is 12.1. The third-order valence-electron chi connectivity index (χ3n) is 2.62. The zero-order valence-corrected chi connectivity index (χ0v) is 11.8. The lowest BCUT2D eigenvalue weighted by Gasteiger charge is -2.05. The van der Waals surface area contributed by atoms with Crippen LogP contribution in [0.15, 0.2) is 24.3 Å². The van der Waals surface area contributed by atoms with Crippen molar-refractivity contribution in [2.45, 2.75) is 12.8 Å². The molecule has 0 aromatic heterocycles. The highest BCUT2D eigenvalue weighted by Crippen LogP contribution is 2.11. The summed E-state index contributed by atoms with van der Waals surface area (Å²) in [5.41, 5.74) is 1.33. The van der Waals surface area contributed by atoms with E-state index in [4.69, 9.17) is 9.84 Å². The summed E-state index contributed by atoms with van der Waals surface area (Å²) in [5.74, 6) is 3.08. The number of rotatable bonds is 10. The molecule has 2 N–H and O–H groups in total. The molecule has 0 unspecified atom stereocenters. The minimum absolute atomic E-state index is 0.303. The maximum atomic E-state index is 8.63. The predicted octanol–water partition coefficient (Wildman–Crippen LogP) is 1.94. The topological polar surface area (TPSA) is 41.5 Å². The summed E-state index contributed by atoms with van der Waals surface area (Å²) >= 11 is 1.89. The van der Waals surface area contributed by atoms with E-state index in [9.17, 15) is 0 Å². The quantitative estimate of drug-likeness (QED) is 0.637. The molecule has 0 radical (unpaired) electrons. The van der Waals surface area contributed by atoms with Gasteiger partial charge in [0.2, 0.25) is 0 Å². The highest BCUT2D eigenvalue weighted by Gasteiger charge is 1.95. The van der Waals surface area contributed by atoms with Crippen LogP contribution in [-0.4, -0.2) is 43.4 Å². The number of hydrogen-bond donors (Lipinski definition) is 2. The molecule has 1 aromatic rings. The number of hydrogen-bond acceptors (Lipinski definition) is 4. The summed E-state index contributed by atoms with van der Waals surface area (Å²) in [7, 11) is 1.69. The fourth-order valence-corrected chi connectivity index (χ4v) is 2.39. The van der Waals surface area contributed by atoms with Crippen LogP contribution in [0.5, 0.6) is 5.75 Å². The first-order chi connectivity index (χ1) is 8.86. The van der Waals surface area contributed by atoms with Crippen LogP contribution in [0.3, 0.4) is 0 Å². The van der Waals surface area contributed by atoms with Crippen molar-refractivity contribution in [2.75, 3.05) is 38.3 Å². The first-order valence-electron chi connectivity index (χ1n) is 6.39. The summed E-state index contributed by atoms with van der Waals surface area (Å²) in [6, 6.07) is 8.22. The van der Waals surface area contributed by atoms with Gasteiger partial charge in [0.25, 0.3) is 0 Å². The fraction of sp³-hybridized carbons (Fsp3) is 0.571. The maximum Gasteiger partial charge on any atom is 0.118 e. The molecule has 0 aliphatic heterocycles. The molecule has 4 heteroatoms. The van der Waals surface area contributed by atoms with Crippen LogP contribution in [0.4, 0.5) is 0 Å². The summed E-state index contributed by atoms with van der Waals surface area (Å²) in [6.07, 6.45) is 1.95. The zero-order chi connectivity index (χ0) is 13.1. The van der Waals surface area contributed by atoms with Gasteiger partial charge in [0.15, 0.2) is 0 Å². The van der Waals surface area contributed by atoms with Crippen molar-refractivity contribution in [2.24, 2.45) is 0 Å². The van der Waals surface area contributed by atoms with E-state index < -0.39 is 0 Å². The first-order valence-corrected chi connectivity index (χ1v) is 7.54. The molecule has 102 valence electrons. The second kappa shape index (κ2) is 10.2. The number of aliphatic hydroxyl groups excluding tert-OH is 1. The maximum absolute atomic E-state index is 8.63. The van der Waals surface area contributed by atoms with Crippen molar-refractivity contribution in [3.05, 3.63) is 29.8 Å². The number of nitrogens with one attached hydrogen (secondary N) is 1. The van der Waals surface area contributed by atoms with Crippen molar-refractivity contribution >= 4 is 11.8 Å². The van der Waals surface area contributed by atoms with Crippen LogP contribution in [0.2, 0.25) is 0 Å². The molecule has 0 heterocycles. The number of benzene rings is 1. The second-order valence-corrected chi connectivity index (χ2v) is 5.26. The molecule has 0 spiro atoms. The first kappa shape index (κ1) is 15.3. The summed E-state index contributed by atoms with van der Waals surface area (Å²) in [4.78, 5) is 0. The fourth-order valence-electron chi connectivity index (χ4n) is 1.56. The van der Waals surface area contributed by atoms with Crippen LogP contribution in [0, 0.1) is 0 Å². The highest BCUT2D eigenvalue weighted by molar-refractivity contribution is 7.99. The van der Waals surface area contributed by atoms with Gasteiger partial charge in [-0.25, -0.2) is 0 Å². The Morgan fingerprint density at radius 1 is 1.17 bits per heavy atom. The molecule has 1 aromatic carbocycles. The Bertz CT molecular complexity index is 303. The molecule has 0 atom stereocenters. The van der Waals surface area contributed by atoms with Crippen molar-refractivity contribution < 1.29 is 9.84 Å². The van der Waals surface area contributed by atoms with Crippen LogP contribution in [0.25, 0.3) is 0 Å². The van der Waals surface area contributed by atoms with Crippen molar-refractivity contribution in [1.82, 2.24) is 5.32 Å². The van der Waals surface area contributed by atoms with Crippen molar-refractivity contribution in [3.8, 4) is 5.75 Å².